The molecular weight excluding hydrogens is 276 g/mol. The van der Waals surface area contributed by atoms with Crippen LogP contribution in [0.4, 0.5) is 11.4 Å². The fraction of sp³-hybridized carbons (Fsp3) is 0.143. The topological polar surface area (TPSA) is 98.5 Å². The van der Waals surface area contributed by atoms with E-state index in [4.69, 9.17) is 4.74 Å². The molecule has 1 amide bonds. The number of hydrogen-bond acceptors (Lipinski definition) is 5. The predicted molar refractivity (Wildman–Crippen MR) is 76.6 cm³/mol. The standard InChI is InChI=1S/C14H14N2O5/c1-2-3-4-8-14(18)21-10-13(17)15-11-6-5-7-12(9-11)16(19)20/h2-9H,10H2,1H3,(H,15,17)/b3-2+,8-4+. The van der Waals surface area contributed by atoms with Crippen LogP contribution < -0.4 is 5.32 Å². The van der Waals surface area contributed by atoms with E-state index in [1.165, 1.54) is 36.4 Å². The van der Waals surface area contributed by atoms with Crippen LogP contribution in [0.3, 0.4) is 0 Å². The highest BCUT2D eigenvalue weighted by molar-refractivity contribution is 5.94. The molecule has 1 aromatic carbocycles. The summed E-state index contributed by atoms with van der Waals surface area (Å²) in [4.78, 5) is 32.8. The highest BCUT2D eigenvalue weighted by Crippen LogP contribution is 2.16. The van der Waals surface area contributed by atoms with Gasteiger partial charge in [-0.05, 0) is 13.0 Å². The number of nitro benzene ring substituents is 1. The summed E-state index contributed by atoms with van der Waals surface area (Å²) in [6.45, 7) is 1.32. The zero-order valence-corrected chi connectivity index (χ0v) is 11.3. The second-order valence-electron chi connectivity index (χ2n) is 3.85. The Kier molecular flexibility index (Phi) is 6.33. The Bertz CT molecular complexity index is 593. The van der Waals surface area contributed by atoms with Crippen molar-refractivity contribution in [1.29, 1.82) is 0 Å². The molecule has 0 aliphatic carbocycles. The minimum atomic E-state index is -0.651. The van der Waals surface area contributed by atoms with Crippen molar-refractivity contribution >= 4 is 23.3 Å². The lowest BCUT2D eigenvalue weighted by Gasteiger charge is -2.05. The second-order valence-corrected chi connectivity index (χ2v) is 3.85. The van der Waals surface area contributed by atoms with E-state index in [2.05, 4.69) is 5.32 Å². The maximum Gasteiger partial charge on any atom is 0.331 e. The average molecular weight is 290 g/mol. The van der Waals surface area contributed by atoms with Crippen LogP contribution in [0.25, 0.3) is 0 Å². The van der Waals surface area contributed by atoms with Crippen molar-refractivity contribution in [3.8, 4) is 0 Å². The third-order valence-corrected chi connectivity index (χ3v) is 2.22. The Labute approximate surface area is 121 Å². The quantitative estimate of drug-likeness (QED) is 0.285. The van der Waals surface area contributed by atoms with E-state index in [0.717, 1.165) is 0 Å². The third kappa shape index (κ3) is 6.15. The highest BCUT2D eigenvalue weighted by Gasteiger charge is 2.09. The van der Waals surface area contributed by atoms with Gasteiger partial charge in [0, 0.05) is 23.9 Å². The molecule has 0 saturated heterocycles. The number of nitrogens with one attached hydrogen (secondary N) is 1. The van der Waals surface area contributed by atoms with E-state index in [0.29, 0.717) is 0 Å². The van der Waals surface area contributed by atoms with E-state index in [1.807, 2.05) is 0 Å². The number of esters is 1. The van der Waals surface area contributed by atoms with E-state index < -0.39 is 23.4 Å². The second kappa shape index (κ2) is 8.26. The molecule has 21 heavy (non-hydrogen) atoms. The van der Waals surface area contributed by atoms with Gasteiger partial charge >= 0.3 is 5.97 Å². The van der Waals surface area contributed by atoms with Gasteiger partial charge in [-0.1, -0.05) is 24.3 Å². The Balaban J connectivity index is 2.49. The first-order valence-electron chi connectivity index (χ1n) is 6.03. The maximum atomic E-state index is 11.5. The Morgan fingerprint density at radius 2 is 2.14 bits per heavy atom. The van der Waals surface area contributed by atoms with Gasteiger partial charge in [-0.15, -0.1) is 0 Å². The van der Waals surface area contributed by atoms with Crippen LogP contribution in [0.2, 0.25) is 0 Å². The molecule has 0 aliphatic heterocycles. The molecule has 110 valence electrons. The molecule has 1 rings (SSSR count). The molecule has 0 atom stereocenters. The molecule has 0 fully saturated rings. The molecule has 7 heteroatoms. The van der Waals surface area contributed by atoms with Crippen LogP contribution in [0.1, 0.15) is 6.92 Å². The van der Waals surface area contributed by atoms with E-state index in [9.17, 15) is 19.7 Å². The molecule has 0 saturated carbocycles. The zero-order chi connectivity index (χ0) is 15.7. The van der Waals surface area contributed by atoms with E-state index >= 15 is 0 Å². The molecule has 0 aromatic heterocycles. The molecule has 0 aliphatic rings. The lowest BCUT2D eigenvalue weighted by atomic mass is 10.3. The number of nitrogens with zero attached hydrogens (tertiary/aromatic N) is 1. The highest BCUT2D eigenvalue weighted by atomic mass is 16.6. The number of carbonyl (C=O) groups is 2. The summed E-state index contributed by atoms with van der Waals surface area (Å²) in [5.41, 5.74) is 0.119. The number of ether oxygens (including phenoxy) is 1. The summed E-state index contributed by atoms with van der Waals surface area (Å²) in [5, 5.41) is 13.0. The van der Waals surface area contributed by atoms with Crippen LogP contribution in [0.15, 0.2) is 48.6 Å². The number of amides is 1. The van der Waals surface area contributed by atoms with Crippen molar-refractivity contribution in [1.82, 2.24) is 0 Å². The number of anilines is 1. The molecule has 0 radical (unpaired) electrons. The molecule has 0 bridgehead atoms. The number of non-ortho nitro benzene ring substituents is 1. The molecule has 1 aromatic rings. The summed E-state index contributed by atoms with van der Waals surface area (Å²) in [6.07, 6.45) is 6.05. The number of benzene rings is 1. The van der Waals surface area contributed by atoms with Crippen LogP contribution in [-0.4, -0.2) is 23.4 Å². The lowest BCUT2D eigenvalue weighted by molar-refractivity contribution is -0.384. The normalized spacial score (nSPS) is 10.7. The zero-order valence-electron chi connectivity index (χ0n) is 11.3. The SMILES string of the molecule is C/C=C/C=C/C(=O)OCC(=O)Nc1cccc([N+](=O)[O-])c1. The summed E-state index contributed by atoms with van der Waals surface area (Å²) < 4.78 is 4.69. The largest absolute Gasteiger partial charge is 0.452 e. The third-order valence-electron chi connectivity index (χ3n) is 2.22. The Morgan fingerprint density at radius 3 is 2.81 bits per heavy atom. The first kappa shape index (κ1) is 16.1. The van der Waals surface area contributed by atoms with Crippen molar-refractivity contribution in [2.24, 2.45) is 0 Å². The molecular formula is C14H14N2O5. The average Bonchev–Trinajstić information content (AvgIpc) is 2.45. The summed E-state index contributed by atoms with van der Waals surface area (Å²) >= 11 is 0. The van der Waals surface area contributed by atoms with Gasteiger partial charge in [0.15, 0.2) is 6.61 Å². The lowest BCUT2D eigenvalue weighted by Crippen LogP contribution is -2.20. The monoisotopic (exact) mass is 290 g/mol. The van der Waals surface area contributed by atoms with Gasteiger partial charge in [0.25, 0.3) is 11.6 Å². The number of allylic oxidation sites excluding steroid dienone is 3. The van der Waals surface area contributed by atoms with Crippen molar-refractivity contribution in [2.45, 2.75) is 6.92 Å². The van der Waals surface area contributed by atoms with E-state index in [-0.39, 0.29) is 11.4 Å². The maximum absolute atomic E-state index is 11.5. The van der Waals surface area contributed by atoms with Crippen molar-refractivity contribution < 1.29 is 19.2 Å². The van der Waals surface area contributed by atoms with Crippen LogP contribution in [0, 0.1) is 10.1 Å². The van der Waals surface area contributed by atoms with Gasteiger partial charge in [0.2, 0.25) is 0 Å². The summed E-state index contributed by atoms with van der Waals surface area (Å²) in [5.74, 6) is -1.23. The first-order valence-corrected chi connectivity index (χ1v) is 6.03. The number of nitro groups is 1. The fourth-order valence-corrected chi connectivity index (χ4v) is 1.32. The fourth-order valence-electron chi connectivity index (χ4n) is 1.32. The number of rotatable bonds is 6. The van der Waals surface area contributed by atoms with Crippen molar-refractivity contribution in [2.75, 3.05) is 11.9 Å². The van der Waals surface area contributed by atoms with Crippen LogP contribution >= 0.6 is 0 Å². The summed E-state index contributed by atoms with van der Waals surface area (Å²) in [6, 6.07) is 5.46. The van der Waals surface area contributed by atoms with E-state index in [1.54, 1.807) is 19.1 Å². The minimum Gasteiger partial charge on any atom is -0.452 e. The predicted octanol–water partition coefficient (Wildman–Crippen LogP) is 2.21. The van der Waals surface area contributed by atoms with Gasteiger partial charge < -0.3 is 10.1 Å². The van der Waals surface area contributed by atoms with Gasteiger partial charge in [0.05, 0.1) is 4.92 Å². The van der Waals surface area contributed by atoms with Gasteiger partial charge in [-0.3, -0.25) is 14.9 Å². The molecule has 0 unspecified atom stereocenters. The van der Waals surface area contributed by atoms with Crippen molar-refractivity contribution in [3.63, 3.8) is 0 Å². The van der Waals surface area contributed by atoms with Gasteiger partial charge in [-0.2, -0.15) is 0 Å². The smallest absolute Gasteiger partial charge is 0.331 e. The van der Waals surface area contributed by atoms with Crippen molar-refractivity contribution in [3.05, 3.63) is 58.7 Å². The van der Waals surface area contributed by atoms with Gasteiger partial charge in [0.1, 0.15) is 0 Å². The van der Waals surface area contributed by atoms with Crippen LogP contribution in [-0.2, 0) is 14.3 Å². The number of carbonyl (C=O) groups excluding carboxylic acids is 2. The Hall–Kier alpha value is -2.96. The number of hydrogen-bond donors (Lipinski definition) is 1. The molecule has 7 nitrogen and oxygen atoms in total. The molecule has 0 heterocycles. The minimum absolute atomic E-state index is 0.140. The van der Waals surface area contributed by atoms with Gasteiger partial charge in [-0.25, -0.2) is 4.79 Å². The molecule has 0 spiro atoms. The summed E-state index contributed by atoms with van der Waals surface area (Å²) in [7, 11) is 0. The van der Waals surface area contributed by atoms with Crippen LogP contribution in [0.5, 0.6) is 0 Å². The Morgan fingerprint density at radius 1 is 1.38 bits per heavy atom. The molecule has 1 N–H and O–H groups in total. The first-order chi connectivity index (χ1) is 10.0.